The summed E-state index contributed by atoms with van der Waals surface area (Å²) >= 11 is 0. The summed E-state index contributed by atoms with van der Waals surface area (Å²) in [5.41, 5.74) is 2.13. The zero-order valence-corrected chi connectivity index (χ0v) is 18.3. The Morgan fingerprint density at radius 1 is 0.967 bits per heavy atom. The topological polar surface area (TPSA) is 62.2 Å². The van der Waals surface area contributed by atoms with E-state index >= 15 is 0 Å². The number of hydrogen-bond acceptors (Lipinski definition) is 5. The van der Waals surface area contributed by atoms with Gasteiger partial charge in [-0.3, -0.25) is 9.69 Å². The Bertz CT molecular complexity index is 821. The van der Waals surface area contributed by atoms with Crippen LogP contribution < -0.4 is 9.47 Å². The second kappa shape index (κ2) is 9.85. The summed E-state index contributed by atoms with van der Waals surface area (Å²) in [4.78, 5) is 16.8. The van der Waals surface area contributed by atoms with Crippen molar-refractivity contribution >= 4 is 5.91 Å². The predicted molar refractivity (Wildman–Crippen MR) is 117 cm³/mol. The smallest absolute Gasteiger partial charge is 0.222 e. The van der Waals surface area contributed by atoms with E-state index in [9.17, 15) is 9.90 Å². The van der Waals surface area contributed by atoms with Crippen LogP contribution in [0.25, 0.3) is 0 Å². The summed E-state index contributed by atoms with van der Waals surface area (Å²) < 4.78 is 10.8. The number of hydrogen-bond donors (Lipinski definition) is 1. The monoisotopic (exact) mass is 412 g/mol. The molecule has 1 atom stereocenters. The minimum Gasteiger partial charge on any atom is -0.502 e. The number of carbonyl (C=O) groups excluding carboxylic acids is 1. The van der Waals surface area contributed by atoms with Gasteiger partial charge in [-0.05, 0) is 29.2 Å². The molecular weight excluding hydrogens is 380 g/mol. The molecule has 0 aliphatic carbocycles. The van der Waals surface area contributed by atoms with Crippen molar-refractivity contribution in [3.8, 4) is 17.2 Å². The maximum Gasteiger partial charge on any atom is 0.222 e. The van der Waals surface area contributed by atoms with Crippen molar-refractivity contribution in [1.29, 1.82) is 0 Å². The van der Waals surface area contributed by atoms with Gasteiger partial charge in [0.2, 0.25) is 11.7 Å². The van der Waals surface area contributed by atoms with Crippen molar-refractivity contribution in [3.63, 3.8) is 0 Å². The lowest BCUT2D eigenvalue weighted by Crippen LogP contribution is -2.50. The molecule has 1 aliphatic rings. The van der Waals surface area contributed by atoms with Crippen LogP contribution in [0.3, 0.4) is 0 Å². The molecule has 1 saturated heterocycles. The maximum atomic E-state index is 12.5. The van der Waals surface area contributed by atoms with E-state index in [0.29, 0.717) is 36.9 Å². The van der Waals surface area contributed by atoms with Gasteiger partial charge in [-0.15, -0.1) is 0 Å². The van der Waals surface area contributed by atoms with Gasteiger partial charge in [0, 0.05) is 32.6 Å². The minimum absolute atomic E-state index is 0.000312. The van der Waals surface area contributed by atoms with E-state index in [2.05, 4.69) is 30.9 Å². The number of piperazine rings is 1. The lowest BCUT2D eigenvalue weighted by atomic mass is 9.95. The summed E-state index contributed by atoms with van der Waals surface area (Å²) in [7, 11) is 3.07. The number of aromatic hydroxyl groups is 1. The normalized spacial score (nSPS) is 15.8. The number of amides is 1. The molecule has 162 valence electrons. The number of methoxy groups -OCH3 is 2. The Kier molecular flexibility index (Phi) is 7.21. The third-order valence-corrected chi connectivity index (χ3v) is 5.55. The molecule has 2 aromatic rings. The van der Waals surface area contributed by atoms with Crippen LogP contribution in [0, 0.1) is 5.92 Å². The highest BCUT2D eigenvalue weighted by Gasteiger charge is 2.29. The number of ether oxygens (including phenoxy) is 2. The van der Waals surface area contributed by atoms with Gasteiger partial charge in [-0.1, -0.05) is 44.2 Å². The first kappa shape index (κ1) is 22.0. The molecule has 6 nitrogen and oxygen atoms in total. The first-order valence-corrected chi connectivity index (χ1v) is 10.5. The number of carbonyl (C=O) groups is 1. The van der Waals surface area contributed by atoms with Crippen LogP contribution in [0.2, 0.25) is 0 Å². The van der Waals surface area contributed by atoms with Crippen LogP contribution in [0.5, 0.6) is 17.2 Å². The Labute approximate surface area is 179 Å². The van der Waals surface area contributed by atoms with Crippen molar-refractivity contribution in [2.75, 3.05) is 40.4 Å². The fourth-order valence-electron chi connectivity index (χ4n) is 4.03. The fourth-order valence-corrected chi connectivity index (χ4v) is 4.03. The Hall–Kier alpha value is -2.73. The second-order valence-electron chi connectivity index (χ2n) is 8.10. The zero-order chi connectivity index (χ0) is 21.7. The number of benzene rings is 2. The van der Waals surface area contributed by atoms with Gasteiger partial charge >= 0.3 is 0 Å². The van der Waals surface area contributed by atoms with E-state index in [1.54, 1.807) is 0 Å². The summed E-state index contributed by atoms with van der Waals surface area (Å²) in [5.74, 6) is 1.37. The first-order valence-electron chi connectivity index (χ1n) is 10.5. The second-order valence-corrected chi connectivity index (χ2v) is 8.10. The van der Waals surface area contributed by atoms with E-state index in [4.69, 9.17) is 9.47 Å². The van der Waals surface area contributed by atoms with Crippen molar-refractivity contribution in [3.05, 3.63) is 53.6 Å². The van der Waals surface area contributed by atoms with Crippen LogP contribution in [-0.4, -0.2) is 61.2 Å². The number of nitrogens with zero attached hydrogens (tertiary/aromatic N) is 2. The van der Waals surface area contributed by atoms with Crippen LogP contribution in [0.4, 0.5) is 0 Å². The van der Waals surface area contributed by atoms with Gasteiger partial charge in [0.25, 0.3) is 0 Å². The highest BCUT2D eigenvalue weighted by atomic mass is 16.5. The molecule has 1 N–H and O–H groups in total. The quantitative estimate of drug-likeness (QED) is 0.752. The molecule has 0 spiro atoms. The highest BCUT2D eigenvalue weighted by Crippen LogP contribution is 2.41. The van der Waals surface area contributed by atoms with E-state index in [1.807, 2.05) is 35.2 Å². The first-order chi connectivity index (χ1) is 14.4. The molecule has 0 bridgehead atoms. The molecule has 1 heterocycles. The lowest BCUT2D eigenvalue weighted by Gasteiger charge is -2.40. The molecule has 3 rings (SSSR count). The maximum absolute atomic E-state index is 12.5. The van der Waals surface area contributed by atoms with E-state index in [-0.39, 0.29) is 17.7 Å². The fraction of sp³-hybridized carbons (Fsp3) is 0.458. The molecular formula is C24H32N2O4. The number of phenols is 1. The van der Waals surface area contributed by atoms with Crippen molar-refractivity contribution in [1.82, 2.24) is 9.80 Å². The molecule has 1 aliphatic heterocycles. The lowest BCUT2D eigenvalue weighted by molar-refractivity contribution is -0.133. The van der Waals surface area contributed by atoms with Crippen molar-refractivity contribution in [2.24, 2.45) is 5.92 Å². The van der Waals surface area contributed by atoms with Gasteiger partial charge in [0.05, 0.1) is 20.3 Å². The summed E-state index contributed by atoms with van der Waals surface area (Å²) in [6, 6.07) is 14.0. The minimum atomic E-state index is -0.0306. The van der Waals surface area contributed by atoms with E-state index in [1.165, 1.54) is 14.2 Å². The van der Waals surface area contributed by atoms with Crippen LogP contribution in [0.15, 0.2) is 42.5 Å². The van der Waals surface area contributed by atoms with E-state index in [0.717, 1.165) is 24.2 Å². The molecule has 1 unspecified atom stereocenters. The van der Waals surface area contributed by atoms with E-state index < -0.39 is 0 Å². The average molecular weight is 413 g/mol. The third kappa shape index (κ3) is 4.87. The largest absolute Gasteiger partial charge is 0.502 e. The molecule has 6 heteroatoms. The molecule has 2 aromatic carbocycles. The summed E-state index contributed by atoms with van der Waals surface area (Å²) in [6.07, 6.45) is 0.592. The Balaban J connectivity index is 1.90. The Morgan fingerprint density at radius 2 is 1.53 bits per heavy atom. The number of phenolic OH excluding ortho intramolecular Hbond substituents is 1. The van der Waals surface area contributed by atoms with Gasteiger partial charge in [0.1, 0.15) is 0 Å². The third-order valence-electron chi connectivity index (χ3n) is 5.55. The SMILES string of the molecule is COc1cc(C(c2ccccc2)N2CCN(C(=O)CC(C)C)CC2)cc(OC)c1O. The molecule has 1 amide bonds. The summed E-state index contributed by atoms with van der Waals surface area (Å²) in [6.45, 7) is 7.11. The van der Waals surface area contributed by atoms with Crippen LogP contribution >= 0.6 is 0 Å². The molecule has 30 heavy (non-hydrogen) atoms. The van der Waals surface area contributed by atoms with Gasteiger partial charge in [0.15, 0.2) is 11.5 Å². The predicted octanol–water partition coefficient (Wildman–Crippen LogP) is 3.69. The van der Waals surface area contributed by atoms with Crippen LogP contribution in [-0.2, 0) is 4.79 Å². The molecule has 1 fully saturated rings. The summed E-state index contributed by atoms with van der Waals surface area (Å²) in [5, 5.41) is 10.3. The standard InChI is InChI=1S/C24H32N2O4/c1-17(2)14-22(27)25-10-12-26(13-11-25)23(18-8-6-5-7-9-18)19-15-20(29-3)24(28)21(16-19)30-4/h5-9,15-17,23,28H,10-14H2,1-4H3. The highest BCUT2D eigenvalue weighted by molar-refractivity contribution is 5.76. The molecule has 0 radical (unpaired) electrons. The van der Waals surface area contributed by atoms with Gasteiger partial charge < -0.3 is 19.5 Å². The van der Waals surface area contributed by atoms with Gasteiger partial charge in [-0.2, -0.15) is 0 Å². The van der Waals surface area contributed by atoms with Gasteiger partial charge in [-0.25, -0.2) is 0 Å². The molecule has 0 saturated carbocycles. The number of rotatable bonds is 7. The molecule has 0 aromatic heterocycles. The Morgan fingerprint density at radius 3 is 2.03 bits per heavy atom. The average Bonchev–Trinajstić information content (AvgIpc) is 2.75. The van der Waals surface area contributed by atoms with Crippen molar-refractivity contribution in [2.45, 2.75) is 26.3 Å². The van der Waals surface area contributed by atoms with Crippen LogP contribution in [0.1, 0.15) is 37.4 Å². The van der Waals surface area contributed by atoms with Crippen molar-refractivity contribution < 1.29 is 19.4 Å². The zero-order valence-electron chi connectivity index (χ0n) is 18.3.